The molecule has 2 fully saturated rings. The molecule has 1 atom stereocenters. The van der Waals surface area contributed by atoms with Gasteiger partial charge in [-0.1, -0.05) is 0 Å². The van der Waals surface area contributed by atoms with E-state index in [-0.39, 0.29) is 35.7 Å². The minimum absolute atomic E-state index is 0.0890. The number of rotatable bonds is 7. The van der Waals surface area contributed by atoms with Gasteiger partial charge in [-0.25, -0.2) is 14.2 Å². The Bertz CT molecular complexity index is 1060. The number of nitro groups is 1. The molecule has 0 spiro atoms. The molecule has 1 aromatic heterocycles. The van der Waals surface area contributed by atoms with Gasteiger partial charge < -0.3 is 20.1 Å². The van der Waals surface area contributed by atoms with Gasteiger partial charge >= 0.3 is 11.1 Å². The first-order valence-corrected chi connectivity index (χ1v) is 10.9. The maximum atomic E-state index is 14.8. The molecule has 2 N–H and O–H groups in total. The van der Waals surface area contributed by atoms with Crippen molar-refractivity contribution in [3.05, 3.63) is 40.3 Å². The molecule has 3 heterocycles. The van der Waals surface area contributed by atoms with E-state index >= 15 is 0 Å². The molecule has 12 nitrogen and oxygen atoms in total. The molecule has 33 heavy (non-hydrogen) atoms. The van der Waals surface area contributed by atoms with Crippen molar-refractivity contribution in [2.24, 2.45) is 0 Å². The minimum atomic E-state index is -0.628. The standard InChI is InChI=1S/C19H21FN6O6S/c20-14-7-12(25-9-13(11-27)32-19(25)29)1-2-15(14)24-5-3-23(4-6-24)10-16(28)22-18-21-8-17(33-18)26(30)31/h1-2,7-8,13,27H,3-6,9-11H2,(H,21,22,28)/t13-/m1/s1. The van der Waals surface area contributed by atoms with Crippen LogP contribution in [0.2, 0.25) is 0 Å². The monoisotopic (exact) mass is 480 g/mol. The topological polar surface area (TPSA) is 141 Å². The molecule has 4 rings (SSSR count). The average Bonchev–Trinajstić information content (AvgIpc) is 3.41. The van der Waals surface area contributed by atoms with Crippen LogP contribution in [-0.4, -0.2) is 83.9 Å². The minimum Gasteiger partial charge on any atom is -0.441 e. The van der Waals surface area contributed by atoms with Crippen molar-refractivity contribution < 1.29 is 28.7 Å². The zero-order valence-electron chi connectivity index (χ0n) is 17.3. The van der Waals surface area contributed by atoms with Gasteiger partial charge in [0.1, 0.15) is 18.1 Å². The third-order valence-electron chi connectivity index (χ3n) is 5.32. The van der Waals surface area contributed by atoms with Gasteiger partial charge in [0.15, 0.2) is 5.13 Å². The Morgan fingerprint density at radius 1 is 1.36 bits per heavy atom. The van der Waals surface area contributed by atoms with Crippen molar-refractivity contribution in [1.29, 1.82) is 0 Å². The molecule has 0 radical (unpaired) electrons. The molecule has 2 amide bonds. The van der Waals surface area contributed by atoms with E-state index in [2.05, 4.69) is 10.3 Å². The van der Waals surface area contributed by atoms with E-state index in [0.29, 0.717) is 37.6 Å². The summed E-state index contributed by atoms with van der Waals surface area (Å²) in [5.74, 6) is -0.814. The lowest BCUT2D eigenvalue weighted by Crippen LogP contribution is -2.49. The van der Waals surface area contributed by atoms with Crippen molar-refractivity contribution in [3.8, 4) is 0 Å². The number of carbonyl (C=O) groups is 2. The van der Waals surface area contributed by atoms with E-state index in [1.807, 2.05) is 9.80 Å². The largest absolute Gasteiger partial charge is 0.441 e. The molecule has 0 saturated carbocycles. The number of thiazole rings is 1. The summed E-state index contributed by atoms with van der Waals surface area (Å²) in [5.41, 5.74) is 0.749. The number of nitrogens with one attached hydrogen (secondary N) is 1. The first-order valence-electron chi connectivity index (χ1n) is 10.1. The zero-order valence-corrected chi connectivity index (χ0v) is 18.2. The van der Waals surface area contributed by atoms with Crippen LogP contribution >= 0.6 is 11.3 Å². The van der Waals surface area contributed by atoms with Gasteiger partial charge in [-0.15, -0.1) is 0 Å². The maximum Gasteiger partial charge on any atom is 0.414 e. The molecule has 2 aliphatic rings. The third kappa shape index (κ3) is 5.18. The predicted octanol–water partition coefficient (Wildman–Crippen LogP) is 1.27. The number of aromatic nitrogens is 1. The van der Waals surface area contributed by atoms with Gasteiger partial charge in [0.25, 0.3) is 0 Å². The number of benzene rings is 1. The van der Waals surface area contributed by atoms with Crippen LogP contribution < -0.4 is 15.1 Å². The lowest BCUT2D eigenvalue weighted by Gasteiger charge is -2.36. The Morgan fingerprint density at radius 3 is 2.73 bits per heavy atom. The molecule has 0 aliphatic carbocycles. The summed E-state index contributed by atoms with van der Waals surface area (Å²) < 4.78 is 19.8. The van der Waals surface area contributed by atoms with E-state index in [4.69, 9.17) is 9.84 Å². The number of piperazine rings is 1. The summed E-state index contributed by atoms with van der Waals surface area (Å²) in [6.45, 7) is 1.96. The van der Waals surface area contributed by atoms with Gasteiger partial charge in [-0.3, -0.25) is 24.7 Å². The summed E-state index contributed by atoms with van der Waals surface area (Å²) in [5, 5.41) is 22.4. The molecule has 2 aliphatic heterocycles. The van der Waals surface area contributed by atoms with Crippen LogP contribution in [0.4, 0.5) is 30.7 Å². The number of cyclic esters (lactones) is 1. The Morgan fingerprint density at radius 2 is 2.12 bits per heavy atom. The van der Waals surface area contributed by atoms with E-state index in [1.54, 1.807) is 12.1 Å². The van der Waals surface area contributed by atoms with E-state index < -0.39 is 22.9 Å². The van der Waals surface area contributed by atoms with E-state index in [9.17, 15) is 24.1 Å². The van der Waals surface area contributed by atoms with Crippen LogP contribution in [0.1, 0.15) is 0 Å². The average molecular weight is 480 g/mol. The summed E-state index contributed by atoms with van der Waals surface area (Å²) in [6, 6.07) is 4.50. The van der Waals surface area contributed by atoms with Crippen LogP contribution in [0.25, 0.3) is 0 Å². The number of ether oxygens (including phenoxy) is 1. The molecule has 2 saturated heterocycles. The number of nitrogens with zero attached hydrogens (tertiary/aromatic N) is 5. The Labute approximate surface area is 191 Å². The molecule has 0 unspecified atom stereocenters. The van der Waals surface area contributed by atoms with Crippen LogP contribution in [-0.2, 0) is 9.53 Å². The summed E-state index contributed by atoms with van der Waals surface area (Å²) >= 11 is 0.787. The number of aliphatic hydroxyl groups excluding tert-OH is 1. The van der Waals surface area contributed by atoms with E-state index in [1.165, 1.54) is 11.0 Å². The molecule has 2 aromatic rings. The molecular weight excluding hydrogens is 459 g/mol. The van der Waals surface area contributed by atoms with Gasteiger partial charge in [-0.05, 0) is 29.5 Å². The molecular formula is C19H21FN6O6S. The molecule has 14 heteroatoms. The first-order chi connectivity index (χ1) is 15.8. The zero-order chi connectivity index (χ0) is 23.5. The SMILES string of the molecule is O=C(CN1CCN(c2ccc(N3C[C@H](CO)OC3=O)cc2F)CC1)Nc1ncc([N+](=O)[O-])s1. The number of aliphatic hydroxyl groups is 1. The normalized spacial score (nSPS) is 19.0. The number of hydrogen-bond donors (Lipinski definition) is 2. The molecule has 0 bridgehead atoms. The van der Waals surface area contributed by atoms with E-state index in [0.717, 1.165) is 17.5 Å². The predicted molar refractivity (Wildman–Crippen MR) is 117 cm³/mol. The maximum absolute atomic E-state index is 14.8. The fourth-order valence-corrected chi connectivity index (χ4v) is 4.31. The van der Waals surface area contributed by atoms with Crippen LogP contribution in [0.5, 0.6) is 0 Å². The number of anilines is 3. The Balaban J connectivity index is 1.30. The van der Waals surface area contributed by atoms with Gasteiger partial charge in [0.2, 0.25) is 5.91 Å². The molecule has 1 aromatic carbocycles. The van der Waals surface area contributed by atoms with Crippen molar-refractivity contribution in [3.63, 3.8) is 0 Å². The van der Waals surface area contributed by atoms with Crippen LogP contribution in [0.3, 0.4) is 0 Å². The third-order valence-corrected chi connectivity index (χ3v) is 6.19. The van der Waals surface area contributed by atoms with Crippen LogP contribution in [0.15, 0.2) is 24.4 Å². The Kier molecular flexibility index (Phi) is 6.67. The quantitative estimate of drug-likeness (QED) is 0.443. The number of halogens is 1. The highest BCUT2D eigenvalue weighted by Gasteiger charge is 2.32. The summed E-state index contributed by atoms with van der Waals surface area (Å²) in [6.07, 6.45) is -0.159. The van der Waals surface area contributed by atoms with Crippen molar-refractivity contribution in [2.75, 3.05) is 61.0 Å². The second-order valence-electron chi connectivity index (χ2n) is 7.51. The molecule has 176 valence electrons. The second kappa shape index (κ2) is 9.64. The van der Waals surface area contributed by atoms with Crippen molar-refractivity contribution >= 4 is 44.8 Å². The lowest BCUT2D eigenvalue weighted by atomic mass is 10.2. The Hall–Kier alpha value is -3.36. The van der Waals surface area contributed by atoms with Crippen LogP contribution in [0, 0.1) is 15.9 Å². The number of amides is 2. The van der Waals surface area contributed by atoms with Gasteiger partial charge in [-0.2, -0.15) is 0 Å². The van der Waals surface area contributed by atoms with Crippen molar-refractivity contribution in [2.45, 2.75) is 6.10 Å². The fraction of sp³-hybridized carbons (Fsp3) is 0.421. The highest BCUT2D eigenvalue weighted by Crippen LogP contribution is 2.29. The number of carbonyl (C=O) groups excluding carboxylic acids is 2. The second-order valence-corrected chi connectivity index (χ2v) is 8.52. The number of hydrogen-bond acceptors (Lipinski definition) is 10. The highest BCUT2D eigenvalue weighted by molar-refractivity contribution is 7.18. The summed E-state index contributed by atoms with van der Waals surface area (Å²) in [7, 11) is 0. The lowest BCUT2D eigenvalue weighted by molar-refractivity contribution is -0.380. The summed E-state index contributed by atoms with van der Waals surface area (Å²) in [4.78, 5) is 43.1. The van der Waals surface area contributed by atoms with Crippen molar-refractivity contribution in [1.82, 2.24) is 9.88 Å². The highest BCUT2D eigenvalue weighted by atomic mass is 32.1. The van der Waals surface area contributed by atoms with Gasteiger partial charge in [0, 0.05) is 26.2 Å². The fourth-order valence-electron chi connectivity index (χ4n) is 3.66. The smallest absolute Gasteiger partial charge is 0.414 e. The van der Waals surface area contributed by atoms with Gasteiger partial charge in [0.05, 0.1) is 36.0 Å². The first kappa shape index (κ1) is 22.8.